The molecular weight excluding hydrogens is 490 g/mol. The molecule has 2 aromatic carbocycles. The molecule has 10 nitrogen and oxygen atoms in total. The fourth-order valence-corrected chi connectivity index (χ4v) is 4.82. The molecule has 2 aromatic rings. The minimum absolute atomic E-state index is 0.0282. The van der Waals surface area contributed by atoms with Crippen molar-refractivity contribution >= 4 is 23.4 Å². The maximum Gasteiger partial charge on any atom is 0.295 e. The van der Waals surface area contributed by atoms with Crippen molar-refractivity contribution < 1.29 is 33.7 Å². The summed E-state index contributed by atoms with van der Waals surface area (Å²) in [6.07, 6.45) is 0.658. The zero-order valence-corrected chi connectivity index (χ0v) is 21.6. The summed E-state index contributed by atoms with van der Waals surface area (Å²) >= 11 is 0. The van der Waals surface area contributed by atoms with Gasteiger partial charge in [-0.25, -0.2) is 0 Å². The summed E-state index contributed by atoms with van der Waals surface area (Å²) in [5, 5.41) is 11.4. The summed E-state index contributed by atoms with van der Waals surface area (Å²) < 4.78 is 16.0. The Kier molecular flexibility index (Phi) is 8.65. The summed E-state index contributed by atoms with van der Waals surface area (Å²) in [5.41, 5.74) is 6.97. The molecule has 0 bridgehead atoms. The topological polar surface area (TPSA) is 132 Å². The fraction of sp³-hybridized carbons (Fsp3) is 0.393. The third-order valence-electron chi connectivity index (χ3n) is 6.78. The van der Waals surface area contributed by atoms with Gasteiger partial charge in [0.15, 0.2) is 6.61 Å². The van der Waals surface area contributed by atoms with Crippen molar-refractivity contribution in [2.45, 2.75) is 19.4 Å². The summed E-state index contributed by atoms with van der Waals surface area (Å²) in [4.78, 5) is 41.4. The minimum atomic E-state index is -0.786. The van der Waals surface area contributed by atoms with Crippen LogP contribution in [0.2, 0.25) is 0 Å². The average Bonchev–Trinajstić information content (AvgIpc) is 3.17. The number of likely N-dealkylation sites (tertiary alicyclic amines) is 1. The number of nitrogens with zero attached hydrogens (tertiary/aromatic N) is 2. The van der Waals surface area contributed by atoms with Crippen LogP contribution in [0.15, 0.2) is 48.0 Å². The van der Waals surface area contributed by atoms with Crippen LogP contribution >= 0.6 is 0 Å². The number of morpholine rings is 1. The molecule has 202 valence electrons. The standard InChI is InChI=1S/C28H33N3O7/c1-18-16-21(36-2)8-9-22(18)26(33)24-25(19-4-6-20(7-5-19)38-17-23(29)32)31(28(35)27(24)34)11-3-10-30-12-14-37-15-13-30/h4-9,16,25,33H,3,10-15,17H2,1-2H3,(H2,29,32). The van der Waals surface area contributed by atoms with E-state index in [0.717, 1.165) is 19.6 Å². The van der Waals surface area contributed by atoms with Gasteiger partial charge in [0.25, 0.3) is 17.6 Å². The van der Waals surface area contributed by atoms with Gasteiger partial charge < -0.3 is 30.0 Å². The number of hydrogen-bond donors (Lipinski definition) is 2. The van der Waals surface area contributed by atoms with Crippen LogP contribution in [-0.2, 0) is 19.1 Å². The summed E-state index contributed by atoms with van der Waals surface area (Å²) in [6, 6.07) is 11.1. The van der Waals surface area contributed by atoms with E-state index in [-0.39, 0.29) is 17.9 Å². The van der Waals surface area contributed by atoms with Crippen LogP contribution < -0.4 is 15.2 Å². The number of aliphatic hydroxyl groups excluding tert-OH is 1. The lowest BCUT2D eigenvalue weighted by Crippen LogP contribution is -2.38. The third kappa shape index (κ3) is 5.98. The quantitative estimate of drug-likeness (QED) is 0.275. The first-order valence-corrected chi connectivity index (χ1v) is 12.5. The molecule has 3 N–H and O–H groups in total. The largest absolute Gasteiger partial charge is 0.507 e. The Morgan fingerprint density at radius 2 is 1.76 bits per heavy atom. The molecule has 0 radical (unpaired) electrons. The van der Waals surface area contributed by atoms with Gasteiger partial charge in [0, 0.05) is 31.7 Å². The zero-order valence-electron chi connectivity index (χ0n) is 21.6. The fourth-order valence-electron chi connectivity index (χ4n) is 4.82. The van der Waals surface area contributed by atoms with Crippen molar-refractivity contribution in [3.63, 3.8) is 0 Å². The van der Waals surface area contributed by atoms with Crippen LogP contribution in [0.5, 0.6) is 11.5 Å². The number of rotatable bonds is 10. The van der Waals surface area contributed by atoms with E-state index in [4.69, 9.17) is 19.9 Å². The number of methoxy groups -OCH3 is 1. The number of aryl methyl sites for hydroxylation is 1. The molecule has 0 aliphatic carbocycles. The first-order valence-electron chi connectivity index (χ1n) is 12.5. The van der Waals surface area contributed by atoms with E-state index in [0.29, 0.717) is 54.4 Å². The maximum absolute atomic E-state index is 13.3. The summed E-state index contributed by atoms with van der Waals surface area (Å²) in [5.74, 6) is -1.19. The Morgan fingerprint density at radius 3 is 2.39 bits per heavy atom. The number of carbonyl (C=O) groups is 3. The second kappa shape index (κ2) is 12.1. The number of benzene rings is 2. The molecule has 4 rings (SSSR count). The van der Waals surface area contributed by atoms with E-state index >= 15 is 0 Å². The number of ketones is 1. The van der Waals surface area contributed by atoms with Gasteiger partial charge >= 0.3 is 0 Å². The molecule has 1 unspecified atom stereocenters. The third-order valence-corrected chi connectivity index (χ3v) is 6.78. The molecule has 10 heteroatoms. The lowest BCUT2D eigenvalue weighted by atomic mass is 9.93. The Hall–Kier alpha value is -3.89. The highest BCUT2D eigenvalue weighted by Crippen LogP contribution is 2.40. The molecule has 2 aliphatic rings. The number of carbonyl (C=O) groups excluding carboxylic acids is 3. The van der Waals surface area contributed by atoms with Crippen molar-refractivity contribution in [3.8, 4) is 11.5 Å². The number of nitrogens with two attached hydrogens (primary N) is 1. The first kappa shape index (κ1) is 27.2. The van der Waals surface area contributed by atoms with Crippen LogP contribution in [0.4, 0.5) is 0 Å². The molecule has 2 amide bonds. The Balaban J connectivity index is 1.68. The van der Waals surface area contributed by atoms with Gasteiger partial charge in [0.2, 0.25) is 0 Å². The predicted molar refractivity (Wildman–Crippen MR) is 140 cm³/mol. The molecule has 1 atom stereocenters. The number of primary amides is 1. The second-order valence-corrected chi connectivity index (χ2v) is 9.30. The lowest BCUT2D eigenvalue weighted by molar-refractivity contribution is -0.140. The monoisotopic (exact) mass is 523 g/mol. The number of amides is 2. The Morgan fingerprint density at radius 1 is 1.08 bits per heavy atom. The SMILES string of the molecule is COc1ccc(C(O)=C2C(=O)C(=O)N(CCCN3CCOCC3)C2c2ccc(OCC(N)=O)cc2)c(C)c1. The zero-order chi connectivity index (χ0) is 27.2. The molecule has 2 fully saturated rings. The van der Waals surface area contributed by atoms with E-state index in [1.807, 2.05) is 0 Å². The minimum Gasteiger partial charge on any atom is -0.507 e. The smallest absolute Gasteiger partial charge is 0.295 e. The van der Waals surface area contributed by atoms with Crippen LogP contribution in [0.3, 0.4) is 0 Å². The summed E-state index contributed by atoms with van der Waals surface area (Å²) in [7, 11) is 1.55. The highest BCUT2D eigenvalue weighted by Gasteiger charge is 2.46. The molecule has 0 aromatic heterocycles. The highest BCUT2D eigenvalue weighted by molar-refractivity contribution is 6.46. The van der Waals surface area contributed by atoms with E-state index in [1.165, 1.54) is 4.90 Å². The van der Waals surface area contributed by atoms with Gasteiger partial charge in [-0.3, -0.25) is 19.3 Å². The highest BCUT2D eigenvalue weighted by atomic mass is 16.5. The van der Waals surface area contributed by atoms with E-state index in [1.54, 1.807) is 56.5 Å². The van der Waals surface area contributed by atoms with Gasteiger partial charge in [-0.1, -0.05) is 12.1 Å². The van der Waals surface area contributed by atoms with Crippen molar-refractivity contribution in [1.29, 1.82) is 0 Å². The predicted octanol–water partition coefficient (Wildman–Crippen LogP) is 2.01. The summed E-state index contributed by atoms with van der Waals surface area (Å²) in [6.45, 7) is 5.64. The first-order chi connectivity index (χ1) is 18.3. The molecule has 2 aliphatic heterocycles. The number of hydrogen-bond acceptors (Lipinski definition) is 8. The van der Waals surface area contributed by atoms with Gasteiger partial charge in [-0.2, -0.15) is 0 Å². The van der Waals surface area contributed by atoms with Crippen molar-refractivity contribution in [2.75, 3.05) is 53.1 Å². The van der Waals surface area contributed by atoms with E-state index in [9.17, 15) is 19.5 Å². The van der Waals surface area contributed by atoms with Crippen molar-refractivity contribution in [2.24, 2.45) is 5.73 Å². The van der Waals surface area contributed by atoms with Crippen molar-refractivity contribution in [3.05, 3.63) is 64.7 Å². The normalized spacial score (nSPS) is 19.5. The molecule has 0 spiro atoms. The van der Waals surface area contributed by atoms with Gasteiger partial charge in [0.05, 0.1) is 31.9 Å². The van der Waals surface area contributed by atoms with Crippen LogP contribution in [0.1, 0.15) is 29.2 Å². The van der Waals surface area contributed by atoms with E-state index in [2.05, 4.69) is 4.90 Å². The second-order valence-electron chi connectivity index (χ2n) is 9.30. The Labute approximate surface area is 221 Å². The molecule has 38 heavy (non-hydrogen) atoms. The van der Waals surface area contributed by atoms with Gasteiger partial charge in [-0.05, 0) is 54.8 Å². The maximum atomic E-state index is 13.3. The lowest BCUT2D eigenvalue weighted by Gasteiger charge is -2.29. The van der Waals surface area contributed by atoms with Crippen molar-refractivity contribution in [1.82, 2.24) is 9.80 Å². The number of ether oxygens (including phenoxy) is 3. The molecular formula is C28H33N3O7. The molecule has 2 saturated heterocycles. The van der Waals surface area contributed by atoms with Crippen LogP contribution in [-0.4, -0.2) is 85.6 Å². The number of Topliss-reactive ketones (excluding diaryl/α,β-unsaturated/α-hetero) is 1. The van der Waals surface area contributed by atoms with E-state index < -0.39 is 23.6 Å². The van der Waals surface area contributed by atoms with Gasteiger partial charge in [0.1, 0.15) is 17.3 Å². The van der Waals surface area contributed by atoms with Crippen LogP contribution in [0, 0.1) is 6.92 Å². The van der Waals surface area contributed by atoms with Gasteiger partial charge in [-0.15, -0.1) is 0 Å². The Bertz CT molecular complexity index is 1220. The number of aliphatic hydroxyl groups is 1. The molecule has 2 heterocycles. The van der Waals surface area contributed by atoms with Crippen LogP contribution in [0.25, 0.3) is 5.76 Å². The average molecular weight is 524 g/mol. The molecule has 0 saturated carbocycles.